The van der Waals surface area contributed by atoms with E-state index in [2.05, 4.69) is 27.7 Å². The van der Waals surface area contributed by atoms with E-state index in [-0.39, 0.29) is 0 Å². The second-order valence-corrected chi connectivity index (χ2v) is 10.1. The Morgan fingerprint density at radius 3 is 0.971 bits per heavy atom. The van der Waals surface area contributed by atoms with Crippen molar-refractivity contribution < 1.29 is 18.9 Å². The minimum Gasteiger partial charge on any atom is -0.496 e. The molecule has 2 aromatic heterocycles. The minimum absolute atomic E-state index is 0.814. The lowest BCUT2D eigenvalue weighted by Crippen LogP contribution is -1.92. The maximum atomic E-state index is 5.71. The number of hydrogen-bond acceptors (Lipinski definition) is 6. The van der Waals surface area contributed by atoms with Crippen LogP contribution in [0.1, 0.15) is 22.3 Å². The zero-order valence-corrected chi connectivity index (χ0v) is 22.5. The van der Waals surface area contributed by atoms with Gasteiger partial charge in [0.15, 0.2) is 0 Å². The van der Waals surface area contributed by atoms with Gasteiger partial charge >= 0.3 is 0 Å². The van der Waals surface area contributed by atoms with Crippen LogP contribution >= 0.6 is 22.7 Å². The van der Waals surface area contributed by atoms with Crippen LogP contribution in [0.25, 0.3) is 30.6 Å². The molecule has 0 aliphatic carbocycles. The predicted molar refractivity (Wildman–Crippen MR) is 144 cm³/mol. The molecule has 34 heavy (non-hydrogen) atoms. The lowest BCUT2D eigenvalue weighted by molar-refractivity contribution is 0.397. The molecule has 0 aliphatic rings. The third kappa shape index (κ3) is 3.85. The maximum Gasteiger partial charge on any atom is 0.131 e. The highest BCUT2D eigenvalue weighted by molar-refractivity contribution is 7.25. The molecule has 2 heterocycles. The summed E-state index contributed by atoms with van der Waals surface area (Å²) in [6, 6.07) is 11.9. The first-order valence-electron chi connectivity index (χ1n) is 11.0. The summed E-state index contributed by atoms with van der Waals surface area (Å²) in [4.78, 5) is 4.88. The molecule has 0 radical (unpaired) electrons. The molecule has 0 fully saturated rings. The molecule has 0 N–H and O–H groups in total. The summed E-state index contributed by atoms with van der Waals surface area (Å²) in [7, 11) is 6.81. The summed E-state index contributed by atoms with van der Waals surface area (Å²) >= 11 is 3.58. The van der Waals surface area contributed by atoms with Gasteiger partial charge in [-0.25, -0.2) is 0 Å². The molecular weight excluding hydrogens is 464 g/mol. The van der Waals surface area contributed by atoms with Crippen molar-refractivity contribution in [2.24, 2.45) is 0 Å². The second kappa shape index (κ2) is 9.72. The molecule has 2 aromatic carbocycles. The molecule has 0 atom stereocenters. The highest BCUT2D eigenvalue weighted by Crippen LogP contribution is 2.53. The number of thiophene rings is 2. The van der Waals surface area contributed by atoms with E-state index in [0.717, 1.165) is 34.1 Å². The molecule has 4 nitrogen and oxygen atoms in total. The van der Waals surface area contributed by atoms with Crippen LogP contribution in [0.15, 0.2) is 36.4 Å². The number of rotatable bonds is 7. The molecule has 0 saturated heterocycles. The predicted octanol–water partition coefficient (Wildman–Crippen LogP) is 8.08. The third-order valence-corrected chi connectivity index (χ3v) is 9.40. The van der Waals surface area contributed by atoms with Gasteiger partial charge in [-0.05, 0) is 74.2 Å². The molecule has 178 valence electrons. The van der Waals surface area contributed by atoms with Crippen molar-refractivity contribution >= 4 is 22.7 Å². The normalized spacial score (nSPS) is 10.9. The van der Waals surface area contributed by atoms with Gasteiger partial charge in [-0.2, -0.15) is 0 Å². The van der Waals surface area contributed by atoms with Crippen LogP contribution < -0.4 is 18.9 Å². The van der Waals surface area contributed by atoms with E-state index in [1.54, 1.807) is 51.1 Å². The van der Waals surface area contributed by atoms with E-state index in [1.807, 2.05) is 36.4 Å². The van der Waals surface area contributed by atoms with Gasteiger partial charge in [0.25, 0.3) is 0 Å². The van der Waals surface area contributed by atoms with Crippen molar-refractivity contribution in [1.82, 2.24) is 0 Å². The van der Waals surface area contributed by atoms with Crippen molar-refractivity contribution in [2.45, 2.75) is 27.7 Å². The van der Waals surface area contributed by atoms with Crippen LogP contribution in [0.4, 0.5) is 0 Å². The molecule has 0 aliphatic heterocycles. The van der Waals surface area contributed by atoms with Crippen LogP contribution in [-0.4, -0.2) is 28.4 Å². The van der Waals surface area contributed by atoms with Gasteiger partial charge in [0, 0.05) is 19.5 Å². The summed E-state index contributed by atoms with van der Waals surface area (Å²) in [5.74, 6) is 3.25. The van der Waals surface area contributed by atoms with Gasteiger partial charge in [0.05, 0.1) is 39.6 Å². The molecule has 0 unspecified atom stereocenters. The maximum absolute atomic E-state index is 5.71. The van der Waals surface area contributed by atoms with Gasteiger partial charge in [0.1, 0.15) is 23.0 Å². The monoisotopic (exact) mass is 494 g/mol. The van der Waals surface area contributed by atoms with Gasteiger partial charge < -0.3 is 18.9 Å². The zero-order valence-electron chi connectivity index (χ0n) is 20.9. The van der Waals surface area contributed by atoms with E-state index >= 15 is 0 Å². The fourth-order valence-corrected chi connectivity index (χ4v) is 7.23. The SMILES string of the molecule is COc1cccc(OC)c1-c1sc(-c2sc(-c3c(OC)cccc3OC)c(C)c2C)c(C)c1C. The van der Waals surface area contributed by atoms with Gasteiger partial charge in [-0.1, -0.05) is 12.1 Å². The Labute approximate surface area is 209 Å². The van der Waals surface area contributed by atoms with Gasteiger partial charge in [-0.15, -0.1) is 22.7 Å². The Bertz CT molecular complexity index is 1200. The zero-order chi connectivity index (χ0) is 24.6. The Kier molecular flexibility index (Phi) is 6.91. The smallest absolute Gasteiger partial charge is 0.131 e. The Morgan fingerprint density at radius 2 is 0.706 bits per heavy atom. The summed E-state index contributed by atoms with van der Waals surface area (Å²) in [6.45, 7) is 8.75. The molecule has 0 bridgehead atoms. The first-order chi connectivity index (χ1) is 16.4. The highest BCUT2D eigenvalue weighted by atomic mass is 32.1. The van der Waals surface area contributed by atoms with E-state index in [1.165, 1.54) is 41.8 Å². The molecule has 0 spiro atoms. The number of methoxy groups -OCH3 is 4. The quantitative estimate of drug-likeness (QED) is 0.260. The number of benzene rings is 2. The average molecular weight is 495 g/mol. The topological polar surface area (TPSA) is 36.9 Å². The number of hydrogen-bond donors (Lipinski definition) is 0. The Morgan fingerprint density at radius 1 is 0.441 bits per heavy atom. The van der Waals surface area contributed by atoms with E-state index in [0.29, 0.717) is 0 Å². The summed E-state index contributed by atoms with van der Waals surface area (Å²) < 4.78 is 22.8. The lowest BCUT2D eigenvalue weighted by Gasteiger charge is -2.12. The summed E-state index contributed by atoms with van der Waals surface area (Å²) in [5, 5.41) is 0. The van der Waals surface area contributed by atoms with Crippen molar-refractivity contribution in [3.63, 3.8) is 0 Å². The molecule has 0 saturated carbocycles. The lowest BCUT2D eigenvalue weighted by atomic mass is 10.0. The van der Waals surface area contributed by atoms with Crippen molar-refractivity contribution in [3.05, 3.63) is 58.7 Å². The van der Waals surface area contributed by atoms with Gasteiger partial charge in [-0.3, -0.25) is 0 Å². The van der Waals surface area contributed by atoms with Crippen LogP contribution in [0.2, 0.25) is 0 Å². The first kappa shape index (κ1) is 24.2. The second-order valence-electron chi connectivity index (χ2n) is 8.10. The summed E-state index contributed by atoms with van der Waals surface area (Å²) in [5.41, 5.74) is 7.03. The van der Waals surface area contributed by atoms with E-state index in [9.17, 15) is 0 Å². The van der Waals surface area contributed by atoms with Crippen molar-refractivity contribution in [1.29, 1.82) is 0 Å². The van der Waals surface area contributed by atoms with E-state index < -0.39 is 0 Å². The standard InChI is InChI=1S/C28H30O4S2/c1-15-17(3)27(33-25(15)23-19(29-5)11-9-12-20(23)30-6)28-18(4)16(2)26(34-28)24-21(31-7)13-10-14-22(24)32-8/h9-14H,1-8H3. The average Bonchev–Trinajstić information content (AvgIpc) is 3.32. The Hall–Kier alpha value is -2.96. The minimum atomic E-state index is 0.814. The van der Waals surface area contributed by atoms with Crippen molar-refractivity contribution in [2.75, 3.05) is 28.4 Å². The molecule has 4 aromatic rings. The van der Waals surface area contributed by atoms with Crippen LogP contribution in [-0.2, 0) is 0 Å². The Balaban J connectivity index is 1.94. The van der Waals surface area contributed by atoms with Gasteiger partial charge in [0.2, 0.25) is 0 Å². The molecular formula is C28H30O4S2. The highest BCUT2D eigenvalue weighted by Gasteiger charge is 2.25. The molecule has 4 rings (SSSR count). The molecule has 0 amide bonds. The molecule has 6 heteroatoms. The fraction of sp³-hybridized carbons (Fsp3) is 0.286. The summed E-state index contributed by atoms with van der Waals surface area (Å²) in [6.07, 6.45) is 0. The van der Waals surface area contributed by atoms with E-state index in [4.69, 9.17) is 18.9 Å². The van der Waals surface area contributed by atoms with Crippen LogP contribution in [0, 0.1) is 27.7 Å². The third-order valence-electron chi connectivity index (χ3n) is 6.41. The van der Waals surface area contributed by atoms with Crippen LogP contribution in [0.5, 0.6) is 23.0 Å². The van der Waals surface area contributed by atoms with Crippen LogP contribution in [0.3, 0.4) is 0 Å². The number of ether oxygens (including phenoxy) is 4. The fourth-order valence-electron chi connectivity index (χ4n) is 4.25. The largest absolute Gasteiger partial charge is 0.496 e. The van der Waals surface area contributed by atoms with Crippen molar-refractivity contribution in [3.8, 4) is 53.6 Å². The first-order valence-corrected chi connectivity index (χ1v) is 12.6.